The first-order chi connectivity index (χ1) is 29.5. The Morgan fingerprint density at radius 3 is 2.30 bits per heavy atom. The molecule has 0 bridgehead atoms. The van der Waals surface area contributed by atoms with Crippen LogP contribution in [0.5, 0.6) is 0 Å². The van der Waals surface area contributed by atoms with Crippen molar-refractivity contribution in [1.82, 2.24) is 4.57 Å². The Hall–Kier alpha value is -7.10. The lowest BCUT2D eigenvalue weighted by Crippen LogP contribution is -2.33. The number of fused-ring (bicyclic) bond motifs is 12. The van der Waals surface area contributed by atoms with Crippen LogP contribution in [0.15, 0.2) is 186 Å². The Balaban J connectivity index is 1.03. The van der Waals surface area contributed by atoms with E-state index in [-0.39, 0.29) is 5.41 Å². The second-order valence-electron chi connectivity index (χ2n) is 17.5. The molecule has 0 spiro atoms. The first-order valence-electron chi connectivity index (χ1n) is 21.4. The number of benzene rings is 7. The highest BCUT2D eigenvalue weighted by Crippen LogP contribution is 2.53. The van der Waals surface area contributed by atoms with Gasteiger partial charge in [-0.25, -0.2) is 0 Å². The molecule has 9 aromatic rings. The van der Waals surface area contributed by atoms with Crippen molar-refractivity contribution in [2.75, 3.05) is 4.90 Å². The van der Waals surface area contributed by atoms with E-state index in [1.165, 1.54) is 83.1 Å². The Labute approximate surface area is 349 Å². The summed E-state index contributed by atoms with van der Waals surface area (Å²) in [5.74, 6) is 0.307. The average molecular weight is 771 g/mol. The molecule has 1 aliphatic heterocycles. The number of rotatable bonds is 4. The Kier molecular flexibility index (Phi) is 7.02. The Bertz CT molecular complexity index is 3500. The van der Waals surface area contributed by atoms with Crippen LogP contribution in [-0.4, -0.2) is 4.57 Å². The Morgan fingerprint density at radius 1 is 0.617 bits per heavy atom. The third-order valence-corrected chi connectivity index (χ3v) is 14.0. The number of nitrogens with zero attached hydrogens (tertiary/aromatic N) is 2. The van der Waals surface area contributed by atoms with Crippen LogP contribution in [0.3, 0.4) is 0 Å². The van der Waals surface area contributed by atoms with Crippen molar-refractivity contribution in [2.45, 2.75) is 44.4 Å². The van der Waals surface area contributed by atoms with Gasteiger partial charge in [0.15, 0.2) is 0 Å². The summed E-state index contributed by atoms with van der Waals surface area (Å²) >= 11 is 0. The van der Waals surface area contributed by atoms with E-state index >= 15 is 0 Å². The van der Waals surface area contributed by atoms with Gasteiger partial charge < -0.3 is 13.9 Å². The van der Waals surface area contributed by atoms with Gasteiger partial charge in [0.25, 0.3) is 0 Å². The third-order valence-electron chi connectivity index (χ3n) is 14.0. The van der Waals surface area contributed by atoms with Gasteiger partial charge in [-0.3, -0.25) is 0 Å². The first kappa shape index (κ1) is 33.8. The van der Waals surface area contributed by atoms with Gasteiger partial charge >= 0.3 is 0 Å². The summed E-state index contributed by atoms with van der Waals surface area (Å²) in [7, 11) is 0. The van der Waals surface area contributed by atoms with Gasteiger partial charge in [-0.1, -0.05) is 135 Å². The maximum Gasteiger partial charge on any atom is 0.143 e. The fourth-order valence-corrected chi connectivity index (χ4v) is 11.3. The zero-order valence-electron chi connectivity index (χ0n) is 33.7. The molecule has 2 aromatic heterocycles. The predicted octanol–water partition coefficient (Wildman–Crippen LogP) is 13.4. The molecule has 1 atom stereocenters. The lowest BCUT2D eigenvalue weighted by atomic mass is 9.81. The highest BCUT2D eigenvalue weighted by atomic mass is 16.3. The van der Waals surface area contributed by atoms with E-state index in [1.54, 1.807) is 0 Å². The number of allylic oxidation sites excluding steroid dienone is 4. The Morgan fingerprint density at radius 2 is 1.38 bits per heavy atom. The molecule has 4 aliphatic rings. The summed E-state index contributed by atoms with van der Waals surface area (Å²) < 4.78 is 9.33. The van der Waals surface area contributed by atoms with Crippen molar-refractivity contribution in [2.24, 2.45) is 0 Å². The number of aromatic nitrogens is 1. The molecule has 286 valence electrons. The molecule has 3 heterocycles. The third kappa shape index (κ3) is 4.66. The highest BCUT2D eigenvalue weighted by molar-refractivity contribution is 6.11. The average Bonchev–Trinajstić information content (AvgIpc) is 4.01. The lowest BCUT2D eigenvalue weighted by molar-refractivity contribution is 0.660. The normalized spacial score (nSPS) is 17.2. The van der Waals surface area contributed by atoms with Gasteiger partial charge in [0, 0.05) is 61.0 Å². The van der Waals surface area contributed by atoms with Crippen molar-refractivity contribution in [3.8, 4) is 27.9 Å². The standard InChI is InChI=1S/C57H42N2O/c1-57(2)48-22-10-6-17-40(48)41-29-27-36(32-49(41)57)45-33-38(34-47-43-19-9-13-26-54(43)60-56(45)47)59-51-24-12-8-20-44(51)55-39(21-14-25-53(55)59)35-28-30-52-46(31-35)42-18-7-11-23-50(42)58(52)37-15-4-3-5-16-37/h3-13,15-20,22-30,32-34,46H,14,21,31H2,1-2H3. The van der Waals surface area contributed by atoms with Gasteiger partial charge in [0.2, 0.25) is 0 Å². The molecule has 1 unspecified atom stereocenters. The fraction of sp³-hybridized carbons (Fsp3) is 0.123. The molecule has 3 heteroatoms. The molecule has 3 nitrogen and oxygen atoms in total. The number of hydrogen-bond donors (Lipinski definition) is 0. The molecule has 0 radical (unpaired) electrons. The summed E-state index contributed by atoms with van der Waals surface area (Å²) in [6.07, 6.45) is 10.3. The fourth-order valence-electron chi connectivity index (χ4n) is 11.3. The van der Waals surface area contributed by atoms with Crippen LogP contribution in [-0.2, 0) is 5.41 Å². The predicted molar refractivity (Wildman–Crippen MR) is 248 cm³/mol. The maximum atomic E-state index is 6.80. The van der Waals surface area contributed by atoms with Crippen molar-refractivity contribution < 1.29 is 4.42 Å². The van der Waals surface area contributed by atoms with Gasteiger partial charge in [0.1, 0.15) is 11.2 Å². The summed E-state index contributed by atoms with van der Waals surface area (Å²) in [5, 5.41) is 6.25. The van der Waals surface area contributed by atoms with E-state index in [1.807, 2.05) is 0 Å². The summed E-state index contributed by atoms with van der Waals surface area (Å²) in [6.45, 7) is 4.72. The van der Waals surface area contributed by atoms with Crippen LogP contribution >= 0.6 is 0 Å². The molecule has 0 saturated carbocycles. The van der Waals surface area contributed by atoms with Crippen LogP contribution in [0.25, 0.3) is 72.4 Å². The van der Waals surface area contributed by atoms with E-state index in [0.29, 0.717) is 5.92 Å². The molecule has 13 rings (SSSR count). The second-order valence-corrected chi connectivity index (χ2v) is 17.5. The molecule has 7 aromatic carbocycles. The van der Waals surface area contributed by atoms with Crippen LogP contribution in [0.2, 0.25) is 0 Å². The van der Waals surface area contributed by atoms with Gasteiger partial charge in [-0.15, -0.1) is 0 Å². The minimum Gasteiger partial charge on any atom is -0.455 e. The van der Waals surface area contributed by atoms with Crippen molar-refractivity contribution in [1.29, 1.82) is 0 Å². The largest absolute Gasteiger partial charge is 0.455 e. The molecular formula is C57H42N2O. The number of para-hydroxylation sites is 4. The SMILES string of the molecule is CC1(C)c2ccccc2-c2ccc(-c3cc(-n4c5c(c6ccccc64)=C(C4=CC=C6C(C4)c4ccccc4N6c4ccccc4)CCC=5)cc4c3oc3ccccc34)cc21. The molecule has 0 N–H and O–H groups in total. The molecule has 0 saturated heterocycles. The van der Waals surface area contributed by atoms with E-state index < -0.39 is 0 Å². The highest BCUT2D eigenvalue weighted by Gasteiger charge is 2.38. The zero-order chi connectivity index (χ0) is 39.7. The molecule has 60 heavy (non-hydrogen) atoms. The monoisotopic (exact) mass is 770 g/mol. The van der Waals surface area contributed by atoms with Crippen LogP contribution in [0.4, 0.5) is 11.4 Å². The lowest BCUT2D eigenvalue weighted by Gasteiger charge is -2.27. The maximum absolute atomic E-state index is 6.80. The quantitative estimate of drug-likeness (QED) is 0.178. The topological polar surface area (TPSA) is 21.3 Å². The van der Waals surface area contributed by atoms with Crippen molar-refractivity contribution >= 4 is 55.9 Å². The van der Waals surface area contributed by atoms with E-state index in [4.69, 9.17) is 4.42 Å². The van der Waals surface area contributed by atoms with E-state index in [0.717, 1.165) is 52.5 Å². The summed E-state index contributed by atoms with van der Waals surface area (Å²) in [5.41, 5.74) is 20.1. The number of anilines is 2. The second kappa shape index (κ2) is 12.5. The van der Waals surface area contributed by atoms with Gasteiger partial charge in [-0.05, 0) is 118 Å². The smallest absolute Gasteiger partial charge is 0.143 e. The molecule has 0 amide bonds. The molecule has 3 aliphatic carbocycles. The van der Waals surface area contributed by atoms with E-state index in [9.17, 15) is 0 Å². The van der Waals surface area contributed by atoms with Crippen LogP contribution in [0, 0.1) is 0 Å². The minimum absolute atomic E-state index is 0.104. The number of furan rings is 1. The summed E-state index contributed by atoms with van der Waals surface area (Å²) in [4.78, 5) is 2.47. The first-order valence-corrected chi connectivity index (χ1v) is 21.4. The molecular weight excluding hydrogens is 729 g/mol. The summed E-state index contributed by atoms with van der Waals surface area (Å²) in [6, 6.07) is 58.1. The minimum atomic E-state index is -0.104. The van der Waals surface area contributed by atoms with Crippen molar-refractivity contribution in [3.63, 3.8) is 0 Å². The van der Waals surface area contributed by atoms with E-state index in [2.05, 4.69) is 199 Å². The van der Waals surface area contributed by atoms with Crippen LogP contribution < -0.4 is 15.5 Å². The van der Waals surface area contributed by atoms with Crippen LogP contribution in [0.1, 0.15) is 55.7 Å². The number of hydrogen-bond acceptors (Lipinski definition) is 2. The molecule has 0 fully saturated rings. The van der Waals surface area contributed by atoms with Gasteiger partial charge in [-0.2, -0.15) is 0 Å². The van der Waals surface area contributed by atoms with Gasteiger partial charge in [0.05, 0.1) is 10.9 Å². The zero-order valence-corrected chi connectivity index (χ0v) is 33.7. The van der Waals surface area contributed by atoms with Crippen molar-refractivity contribution in [3.05, 3.63) is 208 Å².